The summed E-state index contributed by atoms with van der Waals surface area (Å²) in [6.45, 7) is 0.920. The van der Waals surface area contributed by atoms with E-state index in [2.05, 4.69) is 5.10 Å². The lowest BCUT2D eigenvalue weighted by atomic mass is 9.89. The van der Waals surface area contributed by atoms with E-state index in [1.807, 2.05) is 30.3 Å². The molecule has 164 valence electrons. The van der Waals surface area contributed by atoms with Crippen LogP contribution in [0.5, 0.6) is 0 Å². The van der Waals surface area contributed by atoms with Crippen molar-refractivity contribution in [3.63, 3.8) is 0 Å². The van der Waals surface area contributed by atoms with Crippen LogP contribution in [-0.4, -0.2) is 22.2 Å². The molecule has 1 fully saturated rings. The van der Waals surface area contributed by atoms with Gasteiger partial charge < -0.3 is 9.64 Å². The smallest absolute Gasteiger partial charge is 0.272 e. The van der Waals surface area contributed by atoms with Gasteiger partial charge in [0.25, 0.3) is 5.56 Å². The molecular formula is C25H24FN3O3. The van der Waals surface area contributed by atoms with E-state index in [1.165, 1.54) is 15.6 Å². The summed E-state index contributed by atoms with van der Waals surface area (Å²) in [4.78, 5) is 26.4. The van der Waals surface area contributed by atoms with Gasteiger partial charge in [-0.2, -0.15) is 5.10 Å². The van der Waals surface area contributed by atoms with E-state index in [9.17, 15) is 14.0 Å². The highest BCUT2D eigenvalue weighted by Crippen LogP contribution is 2.33. The number of anilines is 1. The summed E-state index contributed by atoms with van der Waals surface area (Å²) in [6.07, 6.45) is 3.82. The first-order valence-corrected chi connectivity index (χ1v) is 11.0. The maximum atomic E-state index is 14.5. The van der Waals surface area contributed by atoms with Crippen molar-refractivity contribution in [3.05, 3.63) is 81.4 Å². The van der Waals surface area contributed by atoms with E-state index < -0.39 is 5.82 Å². The van der Waals surface area contributed by atoms with Gasteiger partial charge in [-0.3, -0.25) is 9.59 Å². The van der Waals surface area contributed by atoms with Crippen LogP contribution in [0.4, 0.5) is 10.1 Å². The molecule has 0 atom stereocenters. The fourth-order valence-corrected chi connectivity index (χ4v) is 4.37. The van der Waals surface area contributed by atoms with Crippen LogP contribution >= 0.6 is 0 Å². The van der Waals surface area contributed by atoms with Crippen molar-refractivity contribution < 1.29 is 13.9 Å². The molecule has 32 heavy (non-hydrogen) atoms. The number of aromatic nitrogens is 2. The van der Waals surface area contributed by atoms with E-state index in [0.717, 1.165) is 36.0 Å². The van der Waals surface area contributed by atoms with Crippen molar-refractivity contribution in [1.82, 2.24) is 9.78 Å². The molecule has 1 amide bonds. The van der Waals surface area contributed by atoms with Gasteiger partial charge in [-0.25, -0.2) is 9.07 Å². The van der Waals surface area contributed by atoms with Crippen LogP contribution in [0.25, 0.3) is 11.3 Å². The summed E-state index contributed by atoms with van der Waals surface area (Å²) in [5.74, 6) is -0.523. The largest absolute Gasteiger partial charge is 0.354 e. The molecular weight excluding hydrogens is 409 g/mol. The van der Waals surface area contributed by atoms with E-state index >= 15 is 0 Å². The Hall–Kier alpha value is -3.32. The first-order valence-electron chi connectivity index (χ1n) is 11.0. The number of fused-ring (bicyclic) bond motifs is 1. The Bertz CT molecular complexity index is 1220. The topological polar surface area (TPSA) is 64.4 Å². The van der Waals surface area contributed by atoms with E-state index in [4.69, 9.17) is 4.74 Å². The highest BCUT2D eigenvalue weighted by molar-refractivity contribution is 6.00. The first kappa shape index (κ1) is 20.6. The van der Waals surface area contributed by atoms with Crippen molar-refractivity contribution >= 4 is 11.6 Å². The van der Waals surface area contributed by atoms with Gasteiger partial charge in [0.05, 0.1) is 18.0 Å². The summed E-state index contributed by atoms with van der Waals surface area (Å²) >= 11 is 0. The fraction of sp³-hybridized carbons (Fsp3) is 0.320. The Morgan fingerprint density at radius 3 is 2.47 bits per heavy atom. The minimum Gasteiger partial charge on any atom is -0.354 e. The molecule has 1 aliphatic heterocycles. The number of rotatable bonds is 6. The molecule has 6 nitrogen and oxygen atoms in total. The monoisotopic (exact) mass is 433 g/mol. The number of halogens is 1. The van der Waals surface area contributed by atoms with E-state index in [0.29, 0.717) is 37.3 Å². The Morgan fingerprint density at radius 1 is 0.969 bits per heavy atom. The van der Waals surface area contributed by atoms with Gasteiger partial charge in [0.1, 0.15) is 12.5 Å². The zero-order chi connectivity index (χ0) is 22.1. The Kier molecular flexibility index (Phi) is 5.57. The van der Waals surface area contributed by atoms with Gasteiger partial charge in [0, 0.05) is 24.1 Å². The molecule has 5 rings (SSSR count). The number of β-lactam (4-membered cyclic amide) rings is 1. The Morgan fingerprint density at radius 2 is 1.75 bits per heavy atom. The van der Waals surface area contributed by atoms with Crippen LogP contribution in [0.3, 0.4) is 0 Å². The van der Waals surface area contributed by atoms with Gasteiger partial charge in [0.15, 0.2) is 0 Å². The number of carbonyl (C=O) groups excluding carboxylic acids is 1. The minimum absolute atomic E-state index is 0.0344. The fourth-order valence-electron chi connectivity index (χ4n) is 4.37. The van der Waals surface area contributed by atoms with Crippen molar-refractivity contribution in [3.8, 4) is 11.3 Å². The van der Waals surface area contributed by atoms with E-state index in [1.54, 1.807) is 12.1 Å². The number of benzene rings is 2. The predicted molar refractivity (Wildman–Crippen MR) is 119 cm³/mol. The number of ether oxygens (including phenoxy) is 1. The maximum absolute atomic E-state index is 14.5. The summed E-state index contributed by atoms with van der Waals surface area (Å²) in [5.41, 5.74) is 4.21. The van der Waals surface area contributed by atoms with Gasteiger partial charge in [-0.05, 0) is 55.0 Å². The highest BCUT2D eigenvalue weighted by Gasteiger charge is 2.29. The van der Waals surface area contributed by atoms with Gasteiger partial charge in [-0.1, -0.05) is 30.3 Å². The molecule has 1 saturated heterocycles. The number of amides is 1. The molecule has 0 N–H and O–H groups in total. The number of hydrogen-bond donors (Lipinski definition) is 0. The minimum atomic E-state index is -0.435. The molecule has 0 unspecified atom stereocenters. The molecule has 2 aliphatic rings. The molecule has 3 aromatic rings. The lowest BCUT2D eigenvalue weighted by Crippen LogP contribution is -2.43. The summed E-state index contributed by atoms with van der Waals surface area (Å²) in [7, 11) is 0. The van der Waals surface area contributed by atoms with Crippen LogP contribution in [-0.2, 0) is 35.7 Å². The third kappa shape index (κ3) is 3.84. The molecule has 2 heterocycles. The van der Waals surface area contributed by atoms with Crippen molar-refractivity contribution in [2.45, 2.75) is 45.4 Å². The predicted octanol–water partition coefficient (Wildman–Crippen LogP) is 3.84. The normalized spacial score (nSPS) is 15.4. The number of carbonyl (C=O) groups is 1. The van der Waals surface area contributed by atoms with Crippen LogP contribution in [0.1, 0.15) is 36.0 Å². The number of hydrogen-bond acceptors (Lipinski definition) is 4. The summed E-state index contributed by atoms with van der Waals surface area (Å²) < 4.78 is 21.6. The average Bonchev–Trinajstić information content (AvgIpc) is 2.82. The van der Waals surface area contributed by atoms with Crippen molar-refractivity contribution in [2.24, 2.45) is 0 Å². The Balaban J connectivity index is 1.50. The van der Waals surface area contributed by atoms with Crippen LogP contribution in [0.2, 0.25) is 0 Å². The third-order valence-corrected chi connectivity index (χ3v) is 6.15. The van der Waals surface area contributed by atoms with Gasteiger partial charge in [0.2, 0.25) is 5.91 Å². The molecule has 0 spiro atoms. The van der Waals surface area contributed by atoms with Crippen molar-refractivity contribution in [1.29, 1.82) is 0 Å². The second-order valence-corrected chi connectivity index (χ2v) is 8.24. The van der Waals surface area contributed by atoms with Crippen LogP contribution < -0.4 is 10.5 Å². The summed E-state index contributed by atoms with van der Waals surface area (Å²) in [6, 6.07) is 14.5. The molecule has 0 bridgehead atoms. The summed E-state index contributed by atoms with van der Waals surface area (Å²) in [5, 5.41) is 4.63. The lowest BCUT2D eigenvalue weighted by Gasteiger charge is -2.31. The van der Waals surface area contributed by atoms with E-state index in [-0.39, 0.29) is 23.9 Å². The Labute approximate surface area is 185 Å². The van der Waals surface area contributed by atoms with Crippen LogP contribution in [0.15, 0.2) is 53.3 Å². The maximum Gasteiger partial charge on any atom is 0.272 e. The highest BCUT2D eigenvalue weighted by atomic mass is 19.1. The molecule has 1 aliphatic carbocycles. The quantitative estimate of drug-likeness (QED) is 0.554. The number of nitrogens with zero attached hydrogens (tertiary/aromatic N) is 3. The first-order chi connectivity index (χ1) is 15.6. The second-order valence-electron chi connectivity index (χ2n) is 8.24. The molecule has 0 saturated carbocycles. The zero-order valence-corrected chi connectivity index (χ0v) is 17.7. The molecule has 2 aromatic carbocycles. The van der Waals surface area contributed by atoms with Gasteiger partial charge >= 0.3 is 0 Å². The average molecular weight is 433 g/mol. The standard InChI is InChI=1S/C25H24FN3O3/c26-21-11-10-18(14-22(21)28-13-12-23(28)30)24-19-8-4-5-9-20(19)25(31)29(27-24)16-32-15-17-6-2-1-3-7-17/h1-3,6-7,10-11,14H,4-5,8-9,12-13,15-16H2. The van der Waals surface area contributed by atoms with Gasteiger partial charge in [-0.15, -0.1) is 0 Å². The third-order valence-electron chi connectivity index (χ3n) is 6.15. The van der Waals surface area contributed by atoms with Crippen LogP contribution in [0, 0.1) is 5.82 Å². The molecule has 1 aromatic heterocycles. The molecule has 7 heteroatoms. The van der Waals surface area contributed by atoms with Crippen molar-refractivity contribution in [2.75, 3.05) is 11.4 Å². The second kappa shape index (κ2) is 8.67. The zero-order valence-electron chi connectivity index (χ0n) is 17.7. The molecule has 0 radical (unpaired) electrons. The SMILES string of the molecule is O=C1CCN1c1cc(-c2nn(COCc3ccccc3)c(=O)c3c2CCCC3)ccc1F. The lowest BCUT2D eigenvalue weighted by molar-refractivity contribution is -0.122.